The van der Waals surface area contributed by atoms with Crippen molar-refractivity contribution >= 4 is 10.0 Å². The molecular formula is C18H22F3N3O3S. The summed E-state index contributed by atoms with van der Waals surface area (Å²) in [6, 6.07) is 3.76. The Morgan fingerprint density at radius 3 is 2.36 bits per heavy atom. The second-order valence-corrected chi connectivity index (χ2v) is 8.99. The second kappa shape index (κ2) is 8.37. The molecule has 0 aliphatic carbocycles. The van der Waals surface area contributed by atoms with E-state index >= 15 is 0 Å². The topological polar surface area (TPSA) is 73.6 Å². The van der Waals surface area contributed by atoms with Crippen molar-refractivity contribution in [3.63, 3.8) is 0 Å². The van der Waals surface area contributed by atoms with Crippen LogP contribution in [0, 0.1) is 17.2 Å². The van der Waals surface area contributed by atoms with Gasteiger partial charge in [0.05, 0.1) is 16.0 Å². The Bertz CT molecular complexity index is 838. The number of nitrogens with zero attached hydrogens (tertiary/aromatic N) is 3. The summed E-state index contributed by atoms with van der Waals surface area (Å²) in [4.78, 5) is 1.83. The van der Waals surface area contributed by atoms with Gasteiger partial charge in [0.25, 0.3) is 0 Å². The summed E-state index contributed by atoms with van der Waals surface area (Å²) >= 11 is 0. The fourth-order valence-corrected chi connectivity index (χ4v) is 5.15. The average Bonchev–Trinajstić information content (AvgIpc) is 2.68. The lowest BCUT2D eigenvalue weighted by Crippen LogP contribution is -2.50. The number of alkyl halides is 3. The number of ether oxygens (including phenoxy) is 1. The molecule has 6 nitrogen and oxygen atoms in total. The molecule has 0 spiro atoms. The van der Waals surface area contributed by atoms with Gasteiger partial charge in [0.1, 0.15) is 6.07 Å². The van der Waals surface area contributed by atoms with Crippen molar-refractivity contribution < 1.29 is 26.3 Å². The highest BCUT2D eigenvalue weighted by atomic mass is 32.2. The van der Waals surface area contributed by atoms with Crippen LogP contribution in [0.3, 0.4) is 0 Å². The summed E-state index contributed by atoms with van der Waals surface area (Å²) < 4.78 is 70.9. The fraction of sp³-hybridized carbons (Fsp3) is 0.611. The predicted molar refractivity (Wildman–Crippen MR) is 94.9 cm³/mol. The standard InChI is InChI=1S/C18H22F3N3O3S/c19-18(20,21)16-1-2-17(15(11-16)12-22)28(25,26)24-7-5-23(6-8-24)13-14-3-9-27-10-4-14/h1-2,11,14H,3-10,13H2. The molecule has 0 amide bonds. The van der Waals surface area contributed by atoms with E-state index in [4.69, 9.17) is 4.74 Å². The molecular weight excluding hydrogens is 395 g/mol. The minimum absolute atomic E-state index is 0.247. The van der Waals surface area contributed by atoms with Gasteiger partial charge >= 0.3 is 6.18 Å². The van der Waals surface area contributed by atoms with Crippen LogP contribution in [-0.4, -0.2) is 63.6 Å². The summed E-state index contributed by atoms with van der Waals surface area (Å²) in [5.41, 5.74) is -1.52. The quantitative estimate of drug-likeness (QED) is 0.752. The van der Waals surface area contributed by atoms with Gasteiger partial charge in [-0.1, -0.05) is 0 Å². The van der Waals surface area contributed by atoms with Gasteiger partial charge in [-0.05, 0) is 37.0 Å². The lowest BCUT2D eigenvalue weighted by molar-refractivity contribution is -0.137. The number of halogens is 3. The van der Waals surface area contributed by atoms with Gasteiger partial charge in [0.15, 0.2) is 0 Å². The first-order valence-electron chi connectivity index (χ1n) is 9.13. The first-order valence-corrected chi connectivity index (χ1v) is 10.6. The largest absolute Gasteiger partial charge is 0.416 e. The molecule has 0 atom stereocenters. The Balaban J connectivity index is 1.69. The Kier molecular flexibility index (Phi) is 6.29. The molecule has 2 saturated heterocycles. The van der Waals surface area contributed by atoms with Crippen molar-refractivity contribution in [2.24, 2.45) is 5.92 Å². The number of piperazine rings is 1. The normalized spacial score (nSPS) is 20.8. The third-order valence-corrected chi connectivity index (χ3v) is 7.19. The van der Waals surface area contributed by atoms with Crippen LogP contribution in [0.25, 0.3) is 0 Å². The number of sulfonamides is 1. The smallest absolute Gasteiger partial charge is 0.381 e. The molecule has 3 rings (SSSR count). The van der Waals surface area contributed by atoms with Crippen molar-refractivity contribution in [2.45, 2.75) is 23.9 Å². The first-order chi connectivity index (χ1) is 13.2. The van der Waals surface area contributed by atoms with Gasteiger partial charge in [-0.15, -0.1) is 0 Å². The number of hydrogen-bond donors (Lipinski definition) is 0. The molecule has 1 aromatic carbocycles. The maximum atomic E-state index is 12.9. The Morgan fingerprint density at radius 2 is 1.79 bits per heavy atom. The summed E-state index contributed by atoms with van der Waals surface area (Å²) in [6.45, 7) is 4.00. The van der Waals surface area contributed by atoms with E-state index in [-0.39, 0.29) is 18.0 Å². The molecule has 0 N–H and O–H groups in total. The Morgan fingerprint density at radius 1 is 1.14 bits per heavy atom. The molecule has 0 unspecified atom stereocenters. The van der Waals surface area contributed by atoms with E-state index in [0.717, 1.165) is 38.7 Å². The fourth-order valence-electron chi connectivity index (χ4n) is 3.60. The van der Waals surface area contributed by atoms with Gasteiger partial charge < -0.3 is 9.64 Å². The number of nitriles is 1. The molecule has 2 fully saturated rings. The van der Waals surface area contributed by atoms with E-state index in [1.807, 2.05) is 0 Å². The first kappa shape index (κ1) is 21.0. The molecule has 10 heteroatoms. The molecule has 1 aromatic rings. The average molecular weight is 417 g/mol. The zero-order valence-electron chi connectivity index (χ0n) is 15.3. The van der Waals surface area contributed by atoms with E-state index in [0.29, 0.717) is 31.1 Å². The van der Waals surface area contributed by atoms with Gasteiger partial charge in [0, 0.05) is 45.9 Å². The summed E-state index contributed by atoms with van der Waals surface area (Å²) in [6.07, 6.45) is -2.64. The predicted octanol–water partition coefficient (Wildman–Crippen LogP) is 2.31. The minimum atomic E-state index is -4.64. The summed E-state index contributed by atoms with van der Waals surface area (Å²) in [5, 5.41) is 9.18. The molecule has 2 heterocycles. The van der Waals surface area contributed by atoms with E-state index in [1.54, 1.807) is 6.07 Å². The van der Waals surface area contributed by atoms with Crippen LogP contribution in [0.1, 0.15) is 24.0 Å². The SMILES string of the molecule is N#Cc1cc(C(F)(F)F)ccc1S(=O)(=O)N1CCN(CC2CCOCC2)CC1. The number of benzene rings is 1. The van der Waals surface area contributed by atoms with Crippen molar-refractivity contribution in [3.05, 3.63) is 29.3 Å². The van der Waals surface area contributed by atoms with Crippen LogP contribution in [0.15, 0.2) is 23.1 Å². The molecule has 2 aliphatic heterocycles. The number of hydrogen-bond acceptors (Lipinski definition) is 5. The van der Waals surface area contributed by atoms with Gasteiger partial charge in [-0.3, -0.25) is 0 Å². The third kappa shape index (κ3) is 4.66. The van der Waals surface area contributed by atoms with Crippen molar-refractivity contribution in [1.29, 1.82) is 5.26 Å². The lowest BCUT2D eigenvalue weighted by atomic mass is 9.99. The molecule has 0 saturated carbocycles. The summed E-state index contributed by atoms with van der Waals surface area (Å²) in [7, 11) is -4.03. The van der Waals surface area contributed by atoms with Crippen LogP contribution in [0.4, 0.5) is 13.2 Å². The summed E-state index contributed by atoms with van der Waals surface area (Å²) in [5.74, 6) is 0.539. The van der Waals surface area contributed by atoms with Gasteiger partial charge in [-0.2, -0.15) is 22.7 Å². The van der Waals surface area contributed by atoms with Gasteiger partial charge in [-0.25, -0.2) is 8.42 Å². The maximum Gasteiger partial charge on any atom is 0.416 e. The highest BCUT2D eigenvalue weighted by Gasteiger charge is 2.35. The highest BCUT2D eigenvalue weighted by molar-refractivity contribution is 7.89. The van der Waals surface area contributed by atoms with Crippen molar-refractivity contribution in [1.82, 2.24) is 9.21 Å². The van der Waals surface area contributed by atoms with Crippen LogP contribution in [-0.2, 0) is 20.9 Å². The lowest BCUT2D eigenvalue weighted by Gasteiger charge is -2.36. The van der Waals surface area contributed by atoms with Crippen LogP contribution < -0.4 is 0 Å². The highest BCUT2D eigenvalue weighted by Crippen LogP contribution is 2.32. The van der Waals surface area contributed by atoms with E-state index in [2.05, 4.69) is 4.90 Å². The zero-order valence-corrected chi connectivity index (χ0v) is 16.1. The maximum absolute atomic E-state index is 12.9. The zero-order chi connectivity index (χ0) is 20.4. The third-order valence-electron chi connectivity index (χ3n) is 5.23. The van der Waals surface area contributed by atoms with Crippen LogP contribution >= 0.6 is 0 Å². The molecule has 0 radical (unpaired) electrons. The minimum Gasteiger partial charge on any atom is -0.381 e. The van der Waals surface area contributed by atoms with Gasteiger partial charge in [0.2, 0.25) is 10.0 Å². The van der Waals surface area contributed by atoms with Crippen LogP contribution in [0.5, 0.6) is 0 Å². The molecule has 28 heavy (non-hydrogen) atoms. The Hall–Kier alpha value is -1.67. The van der Waals surface area contributed by atoms with Crippen LogP contribution in [0.2, 0.25) is 0 Å². The molecule has 2 aliphatic rings. The Labute approximate surface area is 162 Å². The molecule has 0 bridgehead atoms. The molecule has 154 valence electrons. The molecule has 0 aromatic heterocycles. The van der Waals surface area contributed by atoms with E-state index in [1.165, 1.54) is 4.31 Å². The monoisotopic (exact) mass is 417 g/mol. The second-order valence-electron chi connectivity index (χ2n) is 7.08. The van der Waals surface area contributed by atoms with Crippen molar-refractivity contribution in [3.8, 4) is 6.07 Å². The van der Waals surface area contributed by atoms with Crippen molar-refractivity contribution in [2.75, 3.05) is 45.9 Å². The van der Waals surface area contributed by atoms with E-state index in [9.17, 15) is 26.9 Å². The van der Waals surface area contributed by atoms with E-state index < -0.39 is 27.3 Å². The number of rotatable bonds is 4.